The number of aryl methyl sites for hydroxylation is 2. The van der Waals surface area contributed by atoms with E-state index in [4.69, 9.17) is 24.4 Å². The zero-order chi connectivity index (χ0) is 43.7. The number of amides is 5. The molecule has 2 atom stereocenters. The average molecular weight is 792 g/mol. The van der Waals surface area contributed by atoms with Crippen LogP contribution in [0.3, 0.4) is 0 Å². The Labute approximate surface area is 338 Å². The normalized spacial score (nSPS) is 12.3. The Kier molecular flexibility index (Phi) is 24.8. The lowest BCUT2D eigenvalue weighted by atomic mass is 10.0. The molecule has 15 nitrogen and oxygen atoms in total. The maximum absolute atomic E-state index is 12.6. The summed E-state index contributed by atoms with van der Waals surface area (Å²) in [5.74, 6) is -2.21. The van der Waals surface area contributed by atoms with Gasteiger partial charge in [0.05, 0.1) is 31.7 Å². The Balaban J connectivity index is 0.00000114. The molecule has 0 heterocycles. The SMILES string of the molecule is C.[2H]COCCCC(=O)CC[C@H](NC(=O)c1ccc(CC)cc1)C(=O)NCCOC[2H].[2H]COCCNC(=O)C[C@H](NC(=O)c1ccc(CC)cc1)C(=O)NCCOC[2H]. The molecule has 0 spiro atoms. The van der Waals surface area contributed by atoms with Gasteiger partial charge in [-0.2, -0.15) is 0 Å². The minimum atomic E-state index is -1.07. The molecule has 0 aromatic heterocycles. The van der Waals surface area contributed by atoms with Crippen LogP contribution in [-0.2, 0) is 51.0 Å². The van der Waals surface area contributed by atoms with Gasteiger partial charge in [0.1, 0.15) is 17.9 Å². The van der Waals surface area contributed by atoms with E-state index in [0.29, 0.717) is 30.6 Å². The van der Waals surface area contributed by atoms with Gasteiger partial charge >= 0.3 is 0 Å². The topological polar surface area (TPSA) is 199 Å². The van der Waals surface area contributed by atoms with Crippen molar-refractivity contribution in [3.8, 4) is 0 Å². The number of nitrogens with one attached hydrogen (secondary N) is 5. The van der Waals surface area contributed by atoms with Crippen LogP contribution in [0.5, 0.6) is 0 Å². The van der Waals surface area contributed by atoms with Gasteiger partial charge in [0, 0.05) is 78.6 Å². The van der Waals surface area contributed by atoms with Crippen molar-refractivity contribution in [1.29, 1.82) is 0 Å². The van der Waals surface area contributed by atoms with Gasteiger partial charge in [-0.15, -0.1) is 0 Å². The van der Waals surface area contributed by atoms with E-state index in [1.807, 2.05) is 38.1 Å². The van der Waals surface area contributed by atoms with Crippen molar-refractivity contribution < 1.29 is 53.2 Å². The first-order valence-corrected chi connectivity index (χ1v) is 18.1. The molecule has 2 aromatic rings. The van der Waals surface area contributed by atoms with E-state index in [2.05, 4.69) is 26.6 Å². The molecular weight excluding hydrogens is 722 g/mol. The molecule has 0 aliphatic heterocycles. The van der Waals surface area contributed by atoms with Crippen LogP contribution in [0.1, 0.15) is 90.7 Å². The third kappa shape index (κ3) is 22.0. The quantitative estimate of drug-likeness (QED) is 0.0884. The fourth-order valence-corrected chi connectivity index (χ4v) is 4.81. The Morgan fingerprint density at radius 1 is 0.589 bits per heavy atom. The molecule has 5 N–H and O–H groups in total. The summed E-state index contributed by atoms with van der Waals surface area (Å²) in [5, 5.41) is 13.1. The molecular formula is C41H65N5O10. The van der Waals surface area contributed by atoms with E-state index in [1.165, 1.54) is 0 Å². The Morgan fingerprint density at radius 2 is 1.02 bits per heavy atom. The Morgan fingerprint density at radius 3 is 1.48 bits per heavy atom. The van der Waals surface area contributed by atoms with Gasteiger partial charge in [0.25, 0.3) is 11.8 Å². The van der Waals surface area contributed by atoms with E-state index < -0.39 is 35.7 Å². The second-order valence-corrected chi connectivity index (χ2v) is 12.1. The first kappa shape index (κ1) is 44.0. The zero-order valence-electron chi connectivity index (χ0n) is 36.1. The van der Waals surface area contributed by atoms with Crippen molar-refractivity contribution in [2.75, 3.05) is 74.4 Å². The van der Waals surface area contributed by atoms with Crippen LogP contribution in [0.4, 0.5) is 0 Å². The number of rotatable bonds is 26. The van der Waals surface area contributed by atoms with Gasteiger partial charge in [-0.1, -0.05) is 45.5 Å². The van der Waals surface area contributed by atoms with Gasteiger partial charge in [0.2, 0.25) is 17.7 Å². The van der Waals surface area contributed by atoms with Crippen molar-refractivity contribution in [1.82, 2.24) is 26.6 Å². The predicted octanol–water partition coefficient (Wildman–Crippen LogP) is 2.78. The van der Waals surface area contributed by atoms with Crippen LogP contribution >= 0.6 is 0 Å². The summed E-state index contributed by atoms with van der Waals surface area (Å²) in [4.78, 5) is 74.2. The molecule has 2 aromatic carbocycles. The van der Waals surface area contributed by atoms with Crippen LogP contribution < -0.4 is 26.6 Å². The highest BCUT2D eigenvalue weighted by molar-refractivity contribution is 5.99. The first-order chi connectivity index (χ1) is 28.5. The van der Waals surface area contributed by atoms with Crippen LogP contribution in [0.2, 0.25) is 0 Å². The second kappa shape index (κ2) is 31.5. The highest BCUT2D eigenvalue weighted by Gasteiger charge is 2.25. The lowest BCUT2D eigenvalue weighted by Crippen LogP contribution is -2.49. The number of hydrogen-bond donors (Lipinski definition) is 5. The summed E-state index contributed by atoms with van der Waals surface area (Å²) in [6.07, 6.45) is 2.62. The number of methoxy groups -OCH3 is 4. The molecule has 5 amide bonds. The summed E-state index contributed by atoms with van der Waals surface area (Å²) in [7, 11) is -0.741. The van der Waals surface area contributed by atoms with Crippen LogP contribution in [0.25, 0.3) is 0 Å². The summed E-state index contributed by atoms with van der Waals surface area (Å²) >= 11 is 0. The molecule has 15 heteroatoms. The lowest BCUT2D eigenvalue weighted by molar-refractivity contribution is -0.128. The van der Waals surface area contributed by atoms with Crippen LogP contribution in [-0.4, -0.2) is 122 Å². The standard InChI is InChI=1S/C21H32N2O5.C19H29N3O5.CH4/c1-4-16-7-9-17(10-8-16)20(25)23-19(21(26)22-13-15-28-3)12-11-18(24)6-5-14-27-2;1-4-14-5-7-15(8-6-14)18(24)22-16(19(25)21-10-12-27-3)13-17(23)20-9-11-26-2;/h7-10,19H,4-6,11-15H2,1-3H3,(H,22,26)(H,23,25);5-8,16H,4,9-13H2,1-3H3,(H,20,23)(H,21,25)(H,22,24);1H4/t19-;16-;/m00./s1/i2*2D,3D;. The number of carbonyl (C=O) groups excluding carboxylic acids is 6. The zero-order valence-corrected chi connectivity index (χ0v) is 32.1. The molecule has 0 unspecified atom stereocenters. The lowest BCUT2D eigenvalue weighted by Gasteiger charge is -2.18. The fourth-order valence-electron chi connectivity index (χ4n) is 4.81. The predicted molar refractivity (Wildman–Crippen MR) is 216 cm³/mol. The van der Waals surface area contributed by atoms with Gasteiger partial charge in [-0.3, -0.25) is 28.8 Å². The first-order valence-electron chi connectivity index (χ1n) is 21.0. The van der Waals surface area contributed by atoms with E-state index in [0.717, 1.165) is 24.0 Å². The number of hydrogen-bond acceptors (Lipinski definition) is 10. The summed E-state index contributed by atoms with van der Waals surface area (Å²) < 4.78 is 47.1. The van der Waals surface area contributed by atoms with Crippen LogP contribution in [0, 0.1) is 0 Å². The third-order valence-corrected chi connectivity index (χ3v) is 8.00. The third-order valence-electron chi connectivity index (χ3n) is 8.00. The number of ketones is 1. The monoisotopic (exact) mass is 791 g/mol. The smallest absolute Gasteiger partial charge is 0.251 e. The molecule has 0 radical (unpaired) electrons. The molecule has 2 rings (SSSR count). The highest BCUT2D eigenvalue weighted by Crippen LogP contribution is 2.09. The van der Waals surface area contributed by atoms with E-state index in [-0.39, 0.29) is 106 Å². The van der Waals surface area contributed by atoms with Gasteiger partial charge in [0.15, 0.2) is 0 Å². The highest BCUT2D eigenvalue weighted by atomic mass is 16.5. The molecule has 0 saturated heterocycles. The summed E-state index contributed by atoms with van der Waals surface area (Å²) in [6.45, 7) is 5.50. The number of benzene rings is 2. The van der Waals surface area contributed by atoms with Crippen molar-refractivity contribution in [2.45, 2.75) is 78.3 Å². The minimum Gasteiger partial charge on any atom is -0.385 e. The maximum atomic E-state index is 12.6. The van der Waals surface area contributed by atoms with Crippen LogP contribution in [0.15, 0.2) is 48.5 Å². The molecule has 314 valence electrons. The maximum Gasteiger partial charge on any atom is 0.251 e. The fraction of sp³-hybridized carbons (Fsp3) is 0.561. The number of ether oxygens (including phenoxy) is 4. The summed E-state index contributed by atoms with van der Waals surface area (Å²) in [5.41, 5.74) is 3.03. The minimum absolute atomic E-state index is 0. The molecule has 0 bridgehead atoms. The Hall–Kier alpha value is -4.70. The molecule has 0 fully saturated rings. The van der Waals surface area contributed by atoms with Gasteiger partial charge < -0.3 is 45.5 Å². The molecule has 0 aliphatic carbocycles. The molecule has 0 saturated carbocycles. The van der Waals surface area contributed by atoms with Gasteiger partial charge in [-0.05, 0) is 61.1 Å². The molecule has 0 aliphatic rings. The van der Waals surface area contributed by atoms with E-state index in [1.54, 1.807) is 24.3 Å². The second-order valence-electron chi connectivity index (χ2n) is 12.1. The average Bonchev–Trinajstić information content (AvgIpc) is 3.25. The van der Waals surface area contributed by atoms with E-state index in [9.17, 15) is 28.8 Å². The molecule has 56 heavy (non-hydrogen) atoms. The number of carbonyl (C=O) groups is 6. The van der Waals surface area contributed by atoms with Crippen molar-refractivity contribution >= 4 is 35.3 Å². The van der Waals surface area contributed by atoms with Crippen molar-refractivity contribution in [3.05, 3.63) is 70.8 Å². The largest absolute Gasteiger partial charge is 0.385 e. The number of Topliss-reactive ketones (excluding diaryl/α,β-unsaturated/α-hetero) is 1. The van der Waals surface area contributed by atoms with Crippen molar-refractivity contribution in [3.63, 3.8) is 0 Å². The Bertz CT molecular complexity index is 1520. The summed E-state index contributed by atoms with van der Waals surface area (Å²) in [6, 6.07) is 12.2. The van der Waals surface area contributed by atoms with Crippen molar-refractivity contribution in [2.24, 2.45) is 0 Å². The van der Waals surface area contributed by atoms with Gasteiger partial charge in [-0.25, -0.2) is 0 Å². The van der Waals surface area contributed by atoms with E-state index >= 15 is 0 Å².